The van der Waals surface area contributed by atoms with Crippen molar-refractivity contribution < 1.29 is 14.0 Å². The van der Waals surface area contributed by atoms with Crippen LogP contribution in [0.3, 0.4) is 0 Å². The molecule has 1 aromatic rings. The average Bonchev–Trinajstić information content (AvgIpc) is 2.88. The second kappa shape index (κ2) is 7.63. The van der Waals surface area contributed by atoms with E-state index < -0.39 is 11.7 Å². The average molecular weight is 324 g/mol. The third-order valence-electron chi connectivity index (χ3n) is 3.68. The van der Waals surface area contributed by atoms with Gasteiger partial charge in [0.1, 0.15) is 5.82 Å². The summed E-state index contributed by atoms with van der Waals surface area (Å²) in [6, 6.07) is 4.11. The lowest BCUT2D eigenvalue weighted by molar-refractivity contribution is -0.114. The predicted molar refractivity (Wildman–Crippen MR) is 87.7 cm³/mol. The van der Waals surface area contributed by atoms with Crippen LogP contribution < -0.4 is 10.6 Å². The first kappa shape index (κ1) is 16.8. The van der Waals surface area contributed by atoms with Crippen LogP contribution in [0.25, 0.3) is 0 Å². The first-order valence-corrected chi connectivity index (χ1v) is 8.55. The third kappa shape index (κ3) is 4.22. The maximum atomic E-state index is 13.9. The molecule has 1 aromatic carbocycles. The summed E-state index contributed by atoms with van der Waals surface area (Å²) >= 11 is 1.83. The van der Waals surface area contributed by atoms with Gasteiger partial charge in [-0.05, 0) is 36.8 Å². The lowest BCUT2D eigenvalue weighted by Crippen LogP contribution is -2.39. The van der Waals surface area contributed by atoms with E-state index in [4.69, 9.17) is 0 Å². The van der Waals surface area contributed by atoms with Crippen LogP contribution in [0.1, 0.15) is 43.5 Å². The lowest BCUT2D eigenvalue weighted by atomic mass is 10.1. The fourth-order valence-corrected chi connectivity index (χ4v) is 3.93. The van der Waals surface area contributed by atoms with Crippen LogP contribution in [0.5, 0.6) is 0 Å². The van der Waals surface area contributed by atoms with Gasteiger partial charge in [0.05, 0.1) is 5.56 Å². The predicted octanol–water partition coefficient (Wildman–Crippen LogP) is 3.19. The van der Waals surface area contributed by atoms with Gasteiger partial charge in [-0.3, -0.25) is 9.59 Å². The third-order valence-corrected chi connectivity index (χ3v) is 5.01. The van der Waals surface area contributed by atoms with Crippen LogP contribution in [-0.2, 0) is 4.79 Å². The van der Waals surface area contributed by atoms with Crippen molar-refractivity contribution in [1.82, 2.24) is 5.32 Å². The molecule has 0 saturated heterocycles. The highest BCUT2D eigenvalue weighted by Gasteiger charge is 2.29. The summed E-state index contributed by atoms with van der Waals surface area (Å²) in [7, 11) is 0. The van der Waals surface area contributed by atoms with E-state index in [2.05, 4.69) is 17.6 Å². The smallest absolute Gasteiger partial charge is 0.254 e. The number of anilines is 1. The van der Waals surface area contributed by atoms with Crippen LogP contribution in [0.15, 0.2) is 18.2 Å². The van der Waals surface area contributed by atoms with Gasteiger partial charge in [-0.1, -0.05) is 13.3 Å². The molecule has 2 rings (SSSR count). The fraction of sp³-hybridized carbons (Fsp3) is 0.500. The Bertz CT molecular complexity index is 565. The summed E-state index contributed by atoms with van der Waals surface area (Å²) in [5.41, 5.74) is 0.392. The van der Waals surface area contributed by atoms with Gasteiger partial charge >= 0.3 is 0 Å². The topological polar surface area (TPSA) is 58.2 Å². The molecule has 2 atom stereocenters. The Morgan fingerprint density at radius 3 is 2.82 bits per heavy atom. The molecule has 1 aliphatic carbocycles. The van der Waals surface area contributed by atoms with Crippen molar-refractivity contribution in [1.29, 1.82) is 0 Å². The number of carbonyl (C=O) groups excluding carboxylic acids is 2. The Morgan fingerprint density at radius 2 is 2.14 bits per heavy atom. The van der Waals surface area contributed by atoms with Gasteiger partial charge in [-0.15, -0.1) is 0 Å². The number of hydrogen-bond acceptors (Lipinski definition) is 3. The zero-order valence-electron chi connectivity index (χ0n) is 12.8. The minimum Gasteiger partial charge on any atom is -0.348 e. The molecule has 0 aromatic heterocycles. The molecular formula is C16H21FN2O2S. The largest absolute Gasteiger partial charge is 0.348 e. The molecule has 120 valence electrons. The first-order valence-electron chi connectivity index (χ1n) is 7.51. The Labute approximate surface area is 134 Å². The molecule has 22 heavy (non-hydrogen) atoms. The van der Waals surface area contributed by atoms with Gasteiger partial charge in [-0.25, -0.2) is 4.39 Å². The van der Waals surface area contributed by atoms with Crippen molar-refractivity contribution in [2.24, 2.45) is 0 Å². The standard InChI is InChI=1S/C16H21FN2O2S/c1-3-22-15-6-4-5-14(15)19-16(21)12-9-11(18-10(2)20)7-8-13(12)17/h7-9,14-15H,3-6H2,1-2H3,(H,18,20)(H,19,21). The molecule has 0 aliphatic heterocycles. The van der Waals surface area contributed by atoms with Crippen molar-refractivity contribution in [2.75, 3.05) is 11.1 Å². The molecular weight excluding hydrogens is 303 g/mol. The SMILES string of the molecule is CCSC1CCCC1NC(=O)c1cc(NC(C)=O)ccc1F. The number of rotatable bonds is 5. The Kier molecular flexibility index (Phi) is 5.83. The van der Waals surface area contributed by atoms with E-state index in [1.54, 1.807) is 0 Å². The Morgan fingerprint density at radius 1 is 1.36 bits per heavy atom. The number of benzene rings is 1. The molecule has 2 N–H and O–H groups in total. The minimum atomic E-state index is -0.579. The van der Waals surface area contributed by atoms with Gasteiger partial charge < -0.3 is 10.6 Å². The number of halogens is 1. The molecule has 1 fully saturated rings. The summed E-state index contributed by atoms with van der Waals surface area (Å²) in [5.74, 6) is -0.251. The molecule has 4 nitrogen and oxygen atoms in total. The van der Waals surface area contributed by atoms with E-state index in [0.717, 1.165) is 25.0 Å². The number of amides is 2. The number of thioether (sulfide) groups is 1. The quantitative estimate of drug-likeness (QED) is 0.874. The van der Waals surface area contributed by atoms with Crippen molar-refractivity contribution >= 4 is 29.3 Å². The van der Waals surface area contributed by atoms with Crippen molar-refractivity contribution in [3.63, 3.8) is 0 Å². The zero-order valence-corrected chi connectivity index (χ0v) is 13.6. The van der Waals surface area contributed by atoms with Gasteiger partial charge in [0.2, 0.25) is 5.91 Å². The highest BCUT2D eigenvalue weighted by atomic mass is 32.2. The maximum Gasteiger partial charge on any atom is 0.254 e. The summed E-state index contributed by atoms with van der Waals surface area (Å²) in [5, 5.41) is 5.90. The molecule has 0 bridgehead atoms. The molecule has 0 spiro atoms. The molecule has 1 aliphatic rings. The van der Waals surface area contributed by atoms with Crippen LogP contribution in [0, 0.1) is 5.82 Å². The highest BCUT2D eigenvalue weighted by Crippen LogP contribution is 2.30. The number of hydrogen-bond donors (Lipinski definition) is 2. The lowest BCUT2D eigenvalue weighted by Gasteiger charge is -2.20. The van der Waals surface area contributed by atoms with E-state index >= 15 is 0 Å². The first-order chi connectivity index (χ1) is 10.5. The van der Waals surface area contributed by atoms with E-state index in [-0.39, 0.29) is 17.5 Å². The molecule has 0 heterocycles. The van der Waals surface area contributed by atoms with E-state index in [1.807, 2.05) is 11.8 Å². The Hall–Kier alpha value is -1.56. The molecule has 2 unspecified atom stereocenters. The summed E-state index contributed by atoms with van der Waals surface area (Å²) < 4.78 is 13.9. The molecule has 6 heteroatoms. The zero-order chi connectivity index (χ0) is 16.1. The second-order valence-corrected chi connectivity index (χ2v) is 6.90. The van der Waals surface area contributed by atoms with Crippen molar-refractivity contribution in [3.8, 4) is 0 Å². The normalized spacial score (nSPS) is 20.7. The highest BCUT2D eigenvalue weighted by molar-refractivity contribution is 7.99. The monoisotopic (exact) mass is 324 g/mol. The van der Waals surface area contributed by atoms with E-state index in [9.17, 15) is 14.0 Å². The van der Waals surface area contributed by atoms with Crippen molar-refractivity contribution in [3.05, 3.63) is 29.6 Å². The number of nitrogens with one attached hydrogen (secondary N) is 2. The van der Waals surface area contributed by atoms with Crippen LogP contribution in [-0.4, -0.2) is 28.9 Å². The van der Waals surface area contributed by atoms with Crippen LogP contribution in [0.2, 0.25) is 0 Å². The van der Waals surface area contributed by atoms with Gasteiger partial charge in [0.15, 0.2) is 0 Å². The molecule has 2 amide bonds. The fourth-order valence-electron chi connectivity index (χ4n) is 2.73. The van der Waals surface area contributed by atoms with Gasteiger partial charge in [0.25, 0.3) is 5.91 Å². The summed E-state index contributed by atoms with van der Waals surface area (Å²) in [4.78, 5) is 23.4. The van der Waals surface area contributed by atoms with Crippen LogP contribution >= 0.6 is 11.8 Å². The minimum absolute atomic E-state index is 0.0293. The van der Waals surface area contributed by atoms with Gasteiger partial charge in [0, 0.05) is 23.9 Å². The van der Waals surface area contributed by atoms with E-state index in [1.165, 1.54) is 25.1 Å². The molecule has 0 radical (unpaired) electrons. The summed E-state index contributed by atoms with van der Waals surface area (Å²) in [6.07, 6.45) is 3.09. The van der Waals surface area contributed by atoms with Gasteiger partial charge in [-0.2, -0.15) is 11.8 Å². The molecule has 1 saturated carbocycles. The van der Waals surface area contributed by atoms with Crippen LogP contribution in [0.4, 0.5) is 10.1 Å². The van der Waals surface area contributed by atoms with E-state index in [0.29, 0.717) is 10.9 Å². The summed E-state index contributed by atoms with van der Waals surface area (Å²) in [6.45, 7) is 3.46. The number of carbonyl (C=O) groups is 2. The second-order valence-electron chi connectivity index (χ2n) is 5.38. The van der Waals surface area contributed by atoms with Crippen molar-refractivity contribution in [2.45, 2.75) is 44.4 Å². The maximum absolute atomic E-state index is 13.9. The Balaban J connectivity index is 2.10.